The van der Waals surface area contributed by atoms with Crippen LogP contribution in [0, 0.1) is 5.82 Å². The van der Waals surface area contributed by atoms with E-state index in [0.717, 1.165) is 11.1 Å². The molecule has 1 fully saturated rings. The van der Waals surface area contributed by atoms with Gasteiger partial charge in [0.25, 0.3) is 5.91 Å². The highest BCUT2D eigenvalue weighted by atomic mass is 32.2. The maximum atomic E-state index is 15.0. The summed E-state index contributed by atoms with van der Waals surface area (Å²) in [7, 11) is -4.48. The molecular formula is C27H29F4N5O4S. The Morgan fingerprint density at radius 3 is 2.41 bits per heavy atom. The smallest absolute Gasteiger partial charge is 0.390 e. The van der Waals surface area contributed by atoms with E-state index in [-0.39, 0.29) is 11.5 Å². The van der Waals surface area contributed by atoms with E-state index in [9.17, 15) is 30.8 Å². The molecule has 1 saturated heterocycles. The predicted octanol–water partition coefficient (Wildman–Crippen LogP) is 4.02. The summed E-state index contributed by atoms with van der Waals surface area (Å²) in [4.78, 5) is 16.2. The molecule has 9 nitrogen and oxygen atoms in total. The first kappa shape index (κ1) is 30.2. The molecule has 0 aliphatic carbocycles. The van der Waals surface area contributed by atoms with Crippen LogP contribution in [0.3, 0.4) is 0 Å². The van der Waals surface area contributed by atoms with Crippen LogP contribution in [0.15, 0.2) is 54.6 Å². The Kier molecular flexibility index (Phi) is 9.43. The maximum absolute atomic E-state index is 15.0. The number of sulfonamides is 1. The van der Waals surface area contributed by atoms with Crippen LogP contribution in [0.1, 0.15) is 29.4 Å². The molecule has 4 rings (SSSR count). The number of carbonyl (C=O) groups is 1. The van der Waals surface area contributed by atoms with Gasteiger partial charge < -0.3 is 9.64 Å². The maximum Gasteiger partial charge on any atom is 0.390 e. The van der Waals surface area contributed by atoms with E-state index in [1.54, 1.807) is 10.8 Å². The van der Waals surface area contributed by atoms with Crippen LogP contribution in [0.4, 0.5) is 23.4 Å². The number of hydrogen-bond donors (Lipinski definition) is 1. The number of carbonyl (C=O) groups excluding carboxylic acids is 1. The number of aromatic nitrogens is 2. The lowest BCUT2D eigenvalue weighted by atomic mass is 10.0. The van der Waals surface area contributed by atoms with Crippen LogP contribution >= 0.6 is 0 Å². The Balaban J connectivity index is 1.29. The van der Waals surface area contributed by atoms with Gasteiger partial charge in [0.2, 0.25) is 10.0 Å². The average molecular weight is 596 g/mol. The number of benzene rings is 2. The summed E-state index contributed by atoms with van der Waals surface area (Å²) in [5.41, 5.74) is 1.73. The number of anilines is 1. The number of amides is 1. The second-order valence-corrected chi connectivity index (χ2v) is 11.3. The topological polar surface area (TPSA) is 105 Å². The molecular weight excluding hydrogens is 566 g/mol. The summed E-state index contributed by atoms with van der Waals surface area (Å²) in [6, 6.07) is 15.3. The van der Waals surface area contributed by atoms with Crippen LogP contribution in [0.2, 0.25) is 0 Å². The summed E-state index contributed by atoms with van der Waals surface area (Å²) in [6.07, 6.45) is -6.24. The van der Waals surface area contributed by atoms with E-state index in [4.69, 9.17) is 4.74 Å². The Labute approximate surface area is 235 Å². The van der Waals surface area contributed by atoms with Gasteiger partial charge in [-0.3, -0.25) is 9.69 Å². The lowest BCUT2D eigenvalue weighted by Gasteiger charge is -2.35. The summed E-state index contributed by atoms with van der Waals surface area (Å²) in [6.45, 7) is 5.43. The average Bonchev–Trinajstić information content (AvgIpc) is 2.92. The Bertz CT molecular complexity index is 1460. The quantitative estimate of drug-likeness (QED) is 0.351. The fraction of sp³-hybridized carbons (Fsp3) is 0.370. The van der Waals surface area contributed by atoms with Crippen molar-refractivity contribution >= 4 is 21.7 Å². The van der Waals surface area contributed by atoms with Gasteiger partial charge in [-0.25, -0.2) is 17.5 Å². The number of alkyl halides is 3. The summed E-state index contributed by atoms with van der Waals surface area (Å²) < 4.78 is 82.4. The number of ether oxygens (including phenoxy) is 1. The first-order valence-corrected chi connectivity index (χ1v) is 14.5. The van der Waals surface area contributed by atoms with Crippen LogP contribution in [-0.2, 0) is 16.6 Å². The van der Waals surface area contributed by atoms with Crippen LogP contribution < -0.4 is 14.4 Å². The molecule has 2 aromatic carbocycles. The number of nitrogens with zero attached hydrogens (tertiary/aromatic N) is 4. The predicted molar refractivity (Wildman–Crippen MR) is 144 cm³/mol. The molecule has 1 aliphatic heterocycles. The van der Waals surface area contributed by atoms with Crippen molar-refractivity contribution in [2.75, 3.05) is 43.4 Å². The van der Waals surface area contributed by atoms with Crippen molar-refractivity contribution < 1.29 is 35.5 Å². The molecule has 1 amide bonds. The largest absolute Gasteiger partial charge is 0.494 e. The molecule has 3 aromatic rings. The summed E-state index contributed by atoms with van der Waals surface area (Å²) in [5.74, 6) is -1.59. The number of rotatable bonds is 10. The van der Waals surface area contributed by atoms with Crippen molar-refractivity contribution in [3.8, 4) is 16.9 Å². The molecule has 0 radical (unpaired) electrons. The minimum Gasteiger partial charge on any atom is -0.494 e. The molecule has 41 heavy (non-hydrogen) atoms. The SMILES string of the molecule is CCOc1cccc(-c2ccc(CN3CCN(c4ccc(C(=O)NS(=O)(=O)CCC(F)(F)F)nn4)CC3)cc2F)c1. The molecule has 2 heterocycles. The Hall–Kier alpha value is -3.78. The molecule has 0 atom stereocenters. The van der Waals surface area contributed by atoms with Crippen molar-refractivity contribution in [3.63, 3.8) is 0 Å². The third-order valence-corrected chi connectivity index (χ3v) is 7.62. The lowest BCUT2D eigenvalue weighted by molar-refractivity contribution is -0.130. The normalized spacial score (nSPS) is 14.6. The minimum absolute atomic E-state index is 0.317. The van der Waals surface area contributed by atoms with E-state index in [2.05, 4.69) is 15.1 Å². The molecule has 0 bridgehead atoms. The zero-order valence-electron chi connectivity index (χ0n) is 22.2. The molecule has 1 N–H and O–H groups in total. The van der Waals surface area contributed by atoms with E-state index < -0.39 is 34.3 Å². The zero-order valence-corrected chi connectivity index (χ0v) is 23.0. The van der Waals surface area contributed by atoms with Gasteiger partial charge in [-0.1, -0.05) is 24.3 Å². The minimum atomic E-state index is -4.67. The Morgan fingerprint density at radius 2 is 1.78 bits per heavy atom. The van der Waals surface area contributed by atoms with Gasteiger partial charge in [-0.05, 0) is 48.4 Å². The highest BCUT2D eigenvalue weighted by molar-refractivity contribution is 7.90. The van der Waals surface area contributed by atoms with E-state index >= 15 is 0 Å². The zero-order chi connectivity index (χ0) is 29.6. The highest BCUT2D eigenvalue weighted by Gasteiger charge is 2.31. The third-order valence-electron chi connectivity index (χ3n) is 6.38. The van der Waals surface area contributed by atoms with Gasteiger partial charge in [0.15, 0.2) is 11.5 Å². The van der Waals surface area contributed by atoms with Crippen LogP contribution in [0.5, 0.6) is 5.75 Å². The fourth-order valence-corrected chi connectivity index (χ4v) is 5.30. The fourth-order valence-electron chi connectivity index (χ4n) is 4.31. The van der Waals surface area contributed by atoms with Crippen LogP contribution in [-0.4, -0.2) is 74.1 Å². The first-order valence-electron chi connectivity index (χ1n) is 12.9. The molecule has 0 spiro atoms. The Morgan fingerprint density at radius 1 is 1.02 bits per heavy atom. The summed E-state index contributed by atoms with van der Waals surface area (Å²) in [5, 5.41) is 7.72. The van der Waals surface area contributed by atoms with Gasteiger partial charge in [-0.15, -0.1) is 10.2 Å². The number of piperazine rings is 1. The van der Waals surface area contributed by atoms with Gasteiger partial charge in [0.05, 0.1) is 18.8 Å². The van der Waals surface area contributed by atoms with Crippen molar-refractivity contribution in [2.24, 2.45) is 0 Å². The monoisotopic (exact) mass is 595 g/mol. The van der Waals surface area contributed by atoms with Crippen molar-refractivity contribution in [3.05, 3.63) is 71.7 Å². The van der Waals surface area contributed by atoms with Gasteiger partial charge in [0, 0.05) is 38.3 Å². The molecule has 14 heteroatoms. The second kappa shape index (κ2) is 12.8. The lowest BCUT2D eigenvalue weighted by Crippen LogP contribution is -2.46. The van der Waals surface area contributed by atoms with Crippen molar-refractivity contribution in [1.29, 1.82) is 0 Å². The van der Waals surface area contributed by atoms with Gasteiger partial charge >= 0.3 is 6.18 Å². The molecule has 1 aliphatic rings. The number of halogens is 4. The molecule has 220 valence electrons. The first-order chi connectivity index (χ1) is 19.4. The third kappa shape index (κ3) is 8.60. The van der Waals surface area contributed by atoms with Crippen LogP contribution in [0.25, 0.3) is 11.1 Å². The number of hydrogen-bond acceptors (Lipinski definition) is 8. The second-order valence-electron chi connectivity index (χ2n) is 9.43. The van der Waals surface area contributed by atoms with E-state index in [1.807, 2.05) is 42.2 Å². The van der Waals surface area contributed by atoms with Gasteiger partial charge in [-0.2, -0.15) is 13.2 Å². The molecule has 0 saturated carbocycles. The van der Waals surface area contributed by atoms with E-state index in [0.29, 0.717) is 56.5 Å². The van der Waals surface area contributed by atoms with Crippen molar-refractivity contribution in [1.82, 2.24) is 19.8 Å². The standard InChI is InChI=1S/C27H29F4N5O4S/c1-2-40-21-5-3-4-20(17-21)22-7-6-19(16-23(22)28)18-35-11-13-36(14-12-35)25-9-8-24(32-33-25)26(37)34-41(38,39)15-10-27(29,30)31/h3-9,16-17H,2,10-15,18H2,1H3,(H,34,37). The van der Waals surface area contributed by atoms with E-state index in [1.165, 1.54) is 18.2 Å². The van der Waals surface area contributed by atoms with Gasteiger partial charge in [0.1, 0.15) is 11.6 Å². The summed E-state index contributed by atoms with van der Waals surface area (Å²) >= 11 is 0. The van der Waals surface area contributed by atoms with Crippen molar-refractivity contribution in [2.45, 2.75) is 26.1 Å². The molecule has 1 aromatic heterocycles. The number of nitrogens with one attached hydrogen (secondary N) is 1. The highest BCUT2D eigenvalue weighted by Crippen LogP contribution is 2.27. The molecule has 0 unspecified atom stereocenters.